The Morgan fingerprint density at radius 1 is 0.275 bits per heavy atom. The van der Waals surface area contributed by atoms with Crippen molar-refractivity contribution in [1.82, 2.24) is 24.3 Å². The summed E-state index contributed by atoms with van der Waals surface area (Å²) in [6, 6.07) is 62.5. The van der Waals surface area contributed by atoms with E-state index in [0.29, 0.717) is 17.5 Å². The summed E-state index contributed by atoms with van der Waals surface area (Å²) in [6.45, 7) is 0. The maximum Gasteiger partial charge on any atom is 0.164 e. The van der Waals surface area contributed by atoms with Crippen LogP contribution in [-0.2, 0) is 0 Å². The van der Waals surface area contributed by atoms with Gasteiger partial charge in [-0.2, -0.15) is 0 Å². The Morgan fingerprint density at radius 3 is 1.08 bits per heavy atom. The van der Waals surface area contributed by atoms with Crippen molar-refractivity contribution in [1.29, 1.82) is 0 Å². The second-order valence-electron chi connectivity index (χ2n) is 12.4. The molecule has 0 unspecified atom stereocenters. The monoisotopic (exact) mass is 653 g/mol. The highest BCUT2D eigenvalue weighted by Crippen LogP contribution is 2.34. The van der Waals surface area contributed by atoms with Crippen LogP contribution in [0.2, 0.25) is 0 Å². The van der Waals surface area contributed by atoms with Crippen molar-refractivity contribution in [2.45, 2.75) is 0 Å². The maximum atomic E-state index is 5.03. The Balaban J connectivity index is 1.13. The fourth-order valence-electron chi connectivity index (χ4n) is 6.49. The number of aromatic nitrogens is 5. The fourth-order valence-corrected chi connectivity index (χ4v) is 6.49. The SMILES string of the molecule is c1ccc(-c2ccc(-c3nc(-c4ccc(-c5ccccc5)cc4)nc(-c4ccc(-c5c(-c6ccccc6)nc6ccccn56)cc4)n3)cc2)cc1. The van der Waals surface area contributed by atoms with Crippen LogP contribution in [0.1, 0.15) is 0 Å². The lowest BCUT2D eigenvalue weighted by atomic mass is 10.0. The molecule has 0 fully saturated rings. The molecule has 0 saturated carbocycles. The highest BCUT2D eigenvalue weighted by Gasteiger charge is 2.17. The molecule has 51 heavy (non-hydrogen) atoms. The zero-order valence-electron chi connectivity index (χ0n) is 27.6. The number of hydrogen-bond donors (Lipinski definition) is 0. The van der Waals surface area contributed by atoms with Crippen LogP contribution in [0.25, 0.3) is 84.6 Å². The molecule has 0 atom stereocenters. The summed E-state index contributed by atoms with van der Waals surface area (Å²) < 4.78 is 2.15. The standard InChI is InChI=1S/C46H31N5/c1-4-12-32(13-5-1)34-19-25-38(26-20-34)44-48-45(39-27-21-35(22-28-39)33-14-6-2-7-15-33)50-46(49-44)40-29-23-37(24-30-40)43-42(36-16-8-3-9-17-36)47-41-18-10-11-31-51(41)43/h1-31H. The molecule has 0 saturated heterocycles. The molecule has 0 aliphatic carbocycles. The molecule has 0 spiro atoms. The summed E-state index contributed by atoms with van der Waals surface area (Å²) in [6.07, 6.45) is 2.06. The van der Waals surface area contributed by atoms with Crippen molar-refractivity contribution in [2.24, 2.45) is 0 Å². The fraction of sp³-hybridized carbons (Fsp3) is 0. The molecule has 5 heteroatoms. The summed E-state index contributed by atoms with van der Waals surface area (Å²) in [4.78, 5) is 20.1. The van der Waals surface area contributed by atoms with Crippen LogP contribution in [-0.4, -0.2) is 24.3 Å². The third kappa shape index (κ3) is 5.98. The molecule has 9 rings (SSSR count). The average molecular weight is 654 g/mol. The van der Waals surface area contributed by atoms with Crippen LogP contribution in [0, 0.1) is 0 Å². The van der Waals surface area contributed by atoms with Crippen molar-refractivity contribution in [2.75, 3.05) is 0 Å². The molecular weight excluding hydrogens is 623 g/mol. The van der Waals surface area contributed by atoms with E-state index < -0.39 is 0 Å². The highest BCUT2D eigenvalue weighted by atomic mass is 15.0. The first-order valence-electron chi connectivity index (χ1n) is 17.0. The molecule has 3 heterocycles. The van der Waals surface area contributed by atoms with Crippen LogP contribution < -0.4 is 0 Å². The van der Waals surface area contributed by atoms with Gasteiger partial charge in [-0.25, -0.2) is 19.9 Å². The van der Waals surface area contributed by atoms with E-state index in [4.69, 9.17) is 19.9 Å². The molecule has 0 aliphatic rings. The zero-order valence-corrected chi connectivity index (χ0v) is 27.6. The van der Waals surface area contributed by atoms with Gasteiger partial charge in [0.1, 0.15) is 5.65 Å². The molecule has 240 valence electrons. The highest BCUT2D eigenvalue weighted by molar-refractivity contribution is 5.83. The lowest BCUT2D eigenvalue weighted by Gasteiger charge is -2.11. The predicted octanol–water partition coefficient (Wildman–Crippen LogP) is 11.2. The van der Waals surface area contributed by atoms with E-state index in [1.807, 2.05) is 48.5 Å². The topological polar surface area (TPSA) is 56.0 Å². The Kier molecular flexibility index (Phi) is 7.76. The van der Waals surface area contributed by atoms with Gasteiger partial charge in [0.2, 0.25) is 0 Å². The van der Waals surface area contributed by atoms with Crippen LogP contribution in [0.15, 0.2) is 188 Å². The van der Waals surface area contributed by atoms with Gasteiger partial charge in [-0.3, -0.25) is 4.40 Å². The number of rotatable bonds is 7. The molecule has 6 aromatic carbocycles. The minimum absolute atomic E-state index is 0.613. The molecule has 0 bridgehead atoms. The second kappa shape index (κ2) is 13.1. The minimum Gasteiger partial charge on any atom is -0.299 e. The van der Waals surface area contributed by atoms with Gasteiger partial charge in [0, 0.05) is 34.0 Å². The van der Waals surface area contributed by atoms with E-state index in [0.717, 1.165) is 56.0 Å². The summed E-state index contributed by atoms with van der Waals surface area (Å²) >= 11 is 0. The molecule has 0 N–H and O–H groups in total. The smallest absolute Gasteiger partial charge is 0.164 e. The Hall–Kier alpha value is -6.98. The first-order chi connectivity index (χ1) is 25.3. The average Bonchev–Trinajstić information content (AvgIpc) is 3.62. The first kappa shape index (κ1) is 30.1. The van der Waals surface area contributed by atoms with Crippen molar-refractivity contribution in [3.05, 3.63) is 188 Å². The largest absolute Gasteiger partial charge is 0.299 e. The number of nitrogens with zero attached hydrogens (tertiary/aromatic N) is 5. The third-order valence-corrected chi connectivity index (χ3v) is 9.13. The van der Waals surface area contributed by atoms with Crippen molar-refractivity contribution < 1.29 is 0 Å². The Labute approximate surface area is 296 Å². The lowest BCUT2D eigenvalue weighted by Crippen LogP contribution is -2.00. The predicted molar refractivity (Wildman–Crippen MR) is 207 cm³/mol. The second-order valence-corrected chi connectivity index (χ2v) is 12.4. The van der Waals surface area contributed by atoms with Gasteiger partial charge in [-0.1, -0.05) is 170 Å². The molecule has 3 aromatic heterocycles. The van der Waals surface area contributed by atoms with E-state index in [-0.39, 0.29) is 0 Å². The quantitative estimate of drug-likeness (QED) is 0.172. The first-order valence-corrected chi connectivity index (χ1v) is 17.0. The summed E-state index contributed by atoms with van der Waals surface area (Å²) in [5.74, 6) is 1.86. The van der Waals surface area contributed by atoms with Gasteiger partial charge in [0.25, 0.3) is 0 Å². The molecular formula is C46H31N5. The molecule has 0 radical (unpaired) electrons. The molecule has 0 aliphatic heterocycles. The van der Waals surface area contributed by atoms with Crippen molar-refractivity contribution in [3.63, 3.8) is 0 Å². The van der Waals surface area contributed by atoms with E-state index in [1.54, 1.807) is 0 Å². The number of imidazole rings is 1. The molecule has 9 aromatic rings. The lowest BCUT2D eigenvalue weighted by molar-refractivity contribution is 1.07. The number of pyridine rings is 1. The van der Waals surface area contributed by atoms with E-state index in [9.17, 15) is 0 Å². The maximum absolute atomic E-state index is 5.03. The van der Waals surface area contributed by atoms with Gasteiger partial charge in [-0.05, 0) is 34.4 Å². The van der Waals surface area contributed by atoms with Gasteiger partial charge in [0.05, 0.1) is 11.4 Å². The van der Waals surface area contributed by atoms with Crippen molar-refractivity contribution >= 4 is 5.65 Å². The van der Waals surface area contributed by atoms with Crippen LogP contribution in [0.4, 0.5) is 0 Å². The van der Waals surface area contributed by atoms with Crippen LogP contribution in [0.3, 0.4) is 0 Å². The summed E-state index contributed by atoms with van der Waals surface area (Å²) in [7, 11) is 0. The van der Waals surface area contributed by atoms with Crippen molar-refractivity contribution in [3.8, 4) is 78.9 Å². The zero-order chi connectivity index (χ0) is 34.0. The van der Waals surface area contributed by atoms with Crippen LogP contribution in [0.5, 0.6) is 0 Å². The van der Waals surface area contributed by atoms with E-state index >= 15 is 0 Å². The van der Waals surface area contributed by atoms with E-state index in [1.165, 1.54) is 11.1 Å². The number of hydrogen-bond acceptors (Lipinski definition) is 4. The Morgan fingerprint density at radius 2 is 0.627 bits per heavy atom. The van der Waals surface area contributed by atoms with Crippen LogP contribution >= 0.6 is 0 Å². The normalized spacial score (nSPS) is 11.1. The molecule has 5 nitrogen and oxygen atoms in total. The number of benzene rings is 6. The third-order valence-electron chi connectivity index (χ3n) is 9.13. The van der Waals surface area contributed by atoms with Gasteiger partial charge >= 0.3 is 0 Å². The summed E-state index contributed by atoms with van der Waals surface area (Å²) in [5.41, 5.74) is 12.4. The molecule has 0 amide bonds. The van der Waals surface area contributed by atoms with Gasteiger partial charge in [-0.15, -0.1) is 0 Å². The van der Waals surface area contributed by atoms with Gasteiger partial charge < -0.3 is 0 Å². The van der Waals surface area contributed by atoms with Gasteiger partial charge in [0.15, 0.2) is 17.5 Å². The Bertz CT molecular complexity index is 2480. The summed E-state index contributed by atoms with van der Waals surface area (Å²) in [5, 5.41) is 0. The van der Waals surface area contributed by atoms with E-state index in [2.05, 4.69) is 144 Å². The number of fused-ring (bicyclic) bond motifs is 1. The minimum atomic E-state index is 0.613.